The third-order valence-electron chi connectivity index (χ3n) is 6.70. The van der Waals surface area contributed by atoms with Gasteiger partial charge in [-0.3, -0.25) is 19.1 Å². The topological polar surface area (TPSA) is 117 Å². The molecule has 0 radical (unpaired) electrons. The number of hydrogen-bond acceptors (Lipinski definition) is 6. The number of para-hydroxylation sites is 1. The summed E-state index contributed by atoms with van der Waals surface area (Å²) in [6.45, 7) is 0.109. The third-order valence-corrected chi connectivity index (χ3v) is 7.48. The number of nitrogens with zero attached hydrogens (tertiary/aromatic N) is 2. The van der Waals surface area contributed by atoms with Crippen molar-refractivity contribution in [3.8, 4) is 0 Å². The molecule has 0 bridgehead atoms. The van der Waals surface area contributed by atoms with E-state index in [2.05, 4.69) is 15.0 Å². The number of benzodiazepines with no additional fused rings is 1. The van der Waals surface area contributed by atoms with Crippen LogP contribution in [0.5, 0.6) is 0 Å². The van der Waals surface area contributed by atoms with Gasteiger partial charge in [0.1, 0.15) is 0 Å². The first kappa shape index (κ1) is 33.9. The fourth-order valence-electron chi connectivity index (χ4n) is 4.61. The van der Waals surface area contributed by atoms with Gasteiger partial charge in [-0.15, -0.1) is 0 Å². The molecule has 2 aromatic carbocycles. The molecule has 8 nitrogen and oxygen atoms in total. The molecule has 0 fully saturated rings. The molecule has 3 rings (SSSR count). The van der Waals surface area contributed by atoms with Gasteiger partial charge in [-0.25, -0.2) is 4.99 Å². The smallest absolute Gasteiger partial charge is 0.330 e. The van der Waals surface area contributed by atoms with Gasteiger partial charge in [0.25, 0.3) is 5.91 Å². The molecular weight excluding hydrogens is 600 g/mol. The van der Waals surface area contributed by atoms with Crippen LogP contribution in [-0.4, -0.2) is 61.3 Å². The van der Waals surface area contributed by atoms with E-state index in [1.54, 1.807) is 54.6 Å². The Morgan fingerprint density at radius 1 is 0.930 bits per heavy atom. The maximum atomic E-state index is 13.6. The number of nitrogens with one attached hydrogen (secondary N) is 2. The second kappa shape index (κ2) is 14.7. The predicted molar refractivity (Wildman–Crippen MR) is 151 cm³/mol. The lowest BCUT2D eigenvalue weighted by atomic mass is 9.83. The molecule has 234 valence electrons. The van der Waals surface area contributed by atoms with Crippen LogP contribution in [-0.2, 0) is 14.4 Å². The van der Waals surface area contributed by atoms with Gasteiger partial charge in [0, 0.05) is 49.2 Å². The lowest BCUT2D eigenvalue weighted by molar-refractivity contribution is -0.152. The highest BCUT2D eigenvalue weighted by Gasteiger charge is 2.41. The molecule has 1 heterocycles. The van der Waals surface area contributed by atoms with Gasteiger partial charge < -0.3 is 16.0 Å². The highest BCUT2D eigenvalue weighted by molar-refractivity contribution is 7.97. The lowest BCUT2D eigenvalue weighted by Gasteiger charge is -2.28. The second-order valence-corrected chi connectivity index (χ2v) is 10.7. The van der Waals surface area contributed by atoms with Crippen molar-refractivity contribution in [2.75, 3.05) is 24.2 Å². The summed E-state index contributed by atoms with van der Waals surface area (Å²) in [4.78, 5) is 45.7. The van der Waals surface area contributed by atoms with Crippen LogP contribution in [0.3, 0.4) is 0 Å². The minimum Gasteiger partial charge on any atom is -0.330 e. The Morgan fingerprint density at radius 3 is 2.07 bits per heavy atom. The number of halogens is 6. The molecule has 43 heavy (non-hydrogen) atoms. The maximum absolute atomic E-state index is 13.6. The minimum atomic E-state index is -4.77. The Morgan fingerprint density at radius 2 is 1.49 bits per heavy atom. The highest BCUT2D eigenvalue weighted by Crippen LogP contribution is 2.34. The largest absolute Gasteiger partial charge is 0.389 e. The summed E-state index contributed by atoms with van der Waals surface area (Å²) in [6, 6.07) is 15.4. The summed E-state index contributed by atoms with van der Waals surface area (Å²) < 4.78 is 81.6. The van der Waals surface area contributed by atoms with Crippen molar-refractivity contribution in [3.05, 3.63) is 65.7 Å². The van der Waals surface area contributed by atoms with E-state index in [1.807, 2.05) is 0 Å². The summed E-state index contributed by atoms with van der Waals surface area (Å²) >= 11 is 0.763. The van der Waals surface area contributed by atoms with Crippen LogP contribution >= 0.6 is 11.9 Å². The van der Waals surface area contributed by atoms with Crippen molar-refractivity contribution in [2.24, 2.45) is 22.6 Å². The molecule has 0 aliphatic carbocycles. The first-order chi connectivity index (χ1) is 20.2. The van der Waals surface area contributed by atoms with Crippen LogP contribution < -0.4 is 20.7 Å². The van der Waals surface area contributed by atoms with Crippen LogP contribution in [0.2, 0.25) is 0 Å². The number of amides is 3. The molecule has 3 amide bonds. The first-order valence-electron chi connectivity index (χ1n) is 13.3. The summed E-state index contributed by atoms with van der Waals surface area (Å²) in [5.41, 5.74) is 7.23. The zero-order valence-corrected chi connectivity index (χ0v) is 23.9. The van der Waals surface area contributed by atoms with Crippen molar-refractivity contribution in [1.82, 2.24) is 10.0 Å². The van der Waals surface area contributed by atoms with E-state index in [-0.39, 0.29) is 12.3 Å². The van der Waals surface area contributed by atoms with Gasteiger partial charge in [0.05, 0.1) is 17.3 Å². The van der Waals surface area contributed by atoms with Gasteiger partial charge in [0.15, 0.2) is 0 Å². The number of alkyl halides is 6. The van der Waals surface area contributed by atoms with E-state index >= 15 is 0 Å². The van der Waals surface area contributed by atoms with Gasteiger partial charge in [0.2, 0.25) is 18.0 Å². The summed E-state index contributed by atoms with van der Waals surface area (Å²) in [5.74, 6) is -6.46. The Balaban J connectivity index is 2.02. The Bertz CT molecular complexity index is 1310. The first-order valence-corrected chi connectivity index (χ1v) is 14.3. The van der Waals surface area contributed by atoms with Crippen molar-refractivity contribution >= 4 is 41.1 Å². The van der Waals surface area contributed by atoms with Crippen LogP contribution in [0.25, 0.3) is 0 Å². The monoisotopic (exact) mass is 631 g/mol. The maximum Gasteiger partial charge on any atom is 0.389 e. The highest BCUT2D eigenvalue weighted by atomic mass is 32.2. The molecule has 1 aliphatic rings. The number of likely N-dealkylation sites (N-methyl/N-ethyl adjacent to an activating group) is 1. The molecular formula is C28H31F6N5O3S. The average molecular weight is 632 g/mol. The lowest BCUT2D eigenvalue weighted by Crippen LogP contribution is -2.50. The summed E-state index contributed by atoms with van der Waals surface area (Å²) in [7, 11) is 1.43. The Kier molecular flexibility index (Phi) is 11.6. The number of nitrogens with two attached hydrogens (primary N) is 1. The quantitative estimate of drug-likeness (QED) is 0.180. The molecule has 4 N–H and O–H groups in total. The van der Waals surface area contributed by atoms with Crippen LogP contribution in [0.4, 0.5) is 32.0 Å². The van der Waals surface area contributed by atoms with Crippen molar-refractivity contribution < 1.29 is 40.7 Å². The Hall–Kier alpha value is -3.59. The van der Waals surface area contributed by atoms with Gasteiger partial charge in [-0.05, 0) is 30.9 Å². The molecule has 1 aliphatic heterocycles. The molecule has 0 aromatic heterocycles. The van der Waals surface area contributed by atoms with E-state index in [1.165, 1.54) is 11.9 Å². The molecule has 15 heteroatoms. The number of carbonyl (C=O) groups excluding carboxylic acids is 3. The standard InChI is InChI=1S/C28H31F6N5O3S/c1-39-21-10-6-5-9-20(21)22(17-7-3-2-4-8-17)36-23(26(39)42)37-24(40)18(11-13-27(29,30)31)19(12-14-28(32,33)34)25(41)38-43-16-15-35/h2-10,18-19,23H,11-16,35H2,1H3,(H,37,40)(H,38,41). The van der Waals surface area contributed by atoms with Crippen LogP contribution in [0.15, 0.2) is 59.6 Å². The molecule has 3 atom stereocenters. The van der Waals surface area contributed by atoms with Crippen molar-refractivity contribution in [2.45, 2.75) is 44.2 Å². The number of carbonyl (C=O) groups is 3. The van der Waals surface area contributed by atoms with Crippen LogP contribution in [0.1, 0.15) is 36.8 Å². The second-order valence-electron chi connectivity index (χ2n) is 9.79. The number of benzene rings is 2. The molecule has 0 spiro atoms. The predicted octanol–water partition coefficient (Wildman–Crippen LogP) is 4.58. The number of anilines is 1. The molecule has 0 saturated heterocycles. The van der Waals surface area contributed by atoms with E-state index in [9.17, 15) is 40.7 Å². The van der Waals surface area contributed by atoms with E-state index in [0.717, 1.165) is 11.9 Å². The third kappa shape index (κ3) is 9.71. The number of rotatable bonds is 12. The number of hydrogen-bond donors (Lipinski definition) is 3. The van der Waals surface area contributed by atoms with Gasteiger partial charge in [-0.2, -0.15) is 26.3 Å². The molecule has 2 aromatic rings. The number of fused-ring (bicyclic) bond motifs is 1. The van der Waals surface area contributed by atoms with Gasteiger partial charge >= 0.3 is 12.4 Å². The zero-order chi connectivity index (χ0) is 31.8. The molecule has 0 saturated carbocycles. The van der Waals surface area contributed by atoms with E-state index in [4.69, 9.17) is 5.73 Å². The fraction of sp³-hybridized carbons (Fsp3) is 0.429. The zero-order valence-electron chi connectivity index (χ0n) is 23.0. The minimum absolute atomic E-state index is 0.109. The van der Waals surface area contributed by atoms with Crippen molar-refractivity contribution in [1.29, 1.82) is 0 Å². The fourth-order valence-corrected chi connectivity index (χ4v) is 5.12. The van der Waals surface area contributed by atoms with Gasteiger partial charge in [-0.1, -0.05) is 48.5 Å². The molecule has 3 unspecified atom stereocenters. The normalized spacial score (nSPS) is 16.9. The summed E-state index contributed by atoms with van der Waals surface area (Å²) in [5, 5.41) is 2.34. The summed E-state index contributed by atoms with van der Waals surface area (Å²) in [6.07, 6.45) is -16.1. The Labute approximate surface area is 248 Å². The SMILES string of the molecule is CN1C(=O)C(NC(=O)C(CCC(F)(F)F)C(CCC(F)(F)F)C(=O)NSCCN)N=C(c2ccccc2)c2ccccc21. The average Bonchev–Trinajstić information content (AvgIpc) is 3.04. The van der Waals surface area contributed by atoms with Crippen LogP contribution in [0, 0.1) is 11.8 Å². The van der Waals surface area contributed by atoms with E-state index in [0.29, 0.717) is 22.5 Å². The van der Waals surface area contributed by atoms with E-state index < -0.39 is 73.8 Å². The van der Waals surface area contributed by atoms with Crippen molar-refractivity contribution in [3.63, 3.8) is 0 Å². The number of aliphatic imine (C=N–C) groups is 1.